The van der Waals surface area contributed by atoms with E-state index >= 15 is 0 Å². The second-order valence-corrected chi connectivity index (χ2v) is 3.40. The lowest BCUT2D eigenvalue weighted by Crippen LogP contribution is -2.15. The fraction of sp³-hybridized carbons (Fsp3) is 0.333. The monoisotopic (exact) mass is 220 g/mol. The molecule has 2 aromatic heterocycles. The lowest BCUT2D eigenvalue weighted by Gasteiger charge is -2.01. The minimum atomic E-state index is -0.0954. The van der Waals surface area contributed by atoms with Crippen LogP contribution in [0.2, 0.25) is 0 Å². The van der Waals surface area contributed by atoms with Gasteiger partial charge in [0.05, 0.1) is 12.7 Å². The van der Waals surface area contributed by atoms with E-state index in [4.69, 9.17) is 0 Å². The van der Waals surface area contributed by atoms with Crippen LogP contribution in [0.4, 0.5) is 5.82 Å². The van der Waals surface area contributed by atoms with E-state index in [1.807, 2.05) is 6.92 Å². The third-order valence-electron chi connectivity index (χ3n) is 2.01. The van der Waals surface area contributed by atoms with Crippen LogP contribution in [-0.4, -0.2) is 31.1 Å². The maximum absolute atomic E-state index is 11.5. The topological polar surface area (TPSA) is 88.5 Å². The van der Waals surface area contributed by atoms with Gasteiger partial charge in [0.15, 0.2) is 5.82 Å². The number of H-pyrrole nitrogens is 1. The molecule has 0 aliphatic rings. The fourth-order valence-corrected chi connectivity index (χ4v) is 1.26. The Hall–Kier alpha value is -2.18. The first-order valence-corrected chi connectivity index (χ1v) is 4.90. The highest BCUT2D eigenvalue weighted by atomic mass is 16.1. The standard InChI is InChI=1S/C9H12N6O/c1-7-6-8(13-12-7)11-9(16)2-4-15-5-3-10-14-15/h3,5-6H,2,4H2,1H3,(H2,11,12,13,16). The molecule has 84 valence electrons. The Morgan fingerprint density at radius 1 is 1.62 bits per heavy atom. The summed E-state index contributed by atoms with van der Waals surface area (Å²) in [5.74, 6) is 0.447. The molecule has 0 spiro atoms. The number of amides is 1. The molecule has 2 aromatic rings. The van der Waals surface area contributed by atoms with Gasteiger partial charge in [0.1, 0.15) is 0 Å². The summed E-state index contributed by atoms with van der Waals surface area (Å²) in [5, 5.41) is 16.8. The quantitative estimate of drug-likeness (QED) is 0.777. The number of carbonyl (C=O) groups excluding carboxylic acids is 1. The SMILES string of the molecule is Cc1cc(NC(=O)CCn2ccnn2)n[nH]1. The van der Waals surface area contributed by atoms with Gasteiger partial charge in [-0.05, 0) is 6.92 Å². The largest absolute Gasteiger partial charge is 0.309 e. The summed E-state index contributed by atoms with van der Waals surface area (Å²) in [6.45, 7) is 2.38. The molecule has 0 saturated heterocycles. The molecule has 2 N–H and O–H groups in total. The average Bonchev–Trinajstić information content (AvgIpc) is 2.87. The number of hydrogen-bond acceptors (Lipinski definition) is 4. The highest BCUT2D eigenvalue weighted by Gasteiger charge is 2.05. The predicted octanol–water partition coefficient (Wildman–Crippen LogP) is 0.338. The third-order valence-corrected chi connectivity index (χ3v) is 2.01. The smallest absolute Gasteiger partial charge is 0.227 e. The summed E-state index contributed by atoms with van der Waals surface area (Å²) in [6.07, 6.45) is 3.64. The normalized spacial score (nSPS) is 10.3. The number of hydrogen-bond donors (Lipinski definition) is 2. The minimum Gasteiger partial charge on any atom is -0.309 e. The van der Waals surface area contributed by atoms with E-state index in [0.717, 1.165) is 5.69 Å². The van der Waals surface area contributed by atoms with Gasteiger partial charge in [0.25, 0.3) is 0 Å². The van der Waals surface area contributed by atoms with Gasteiger partial charge in [0, 0.05) is 24.4 Å². The average molecular weight is 220 g/mol. The van der Waals surface area contributed by atoms with Crippen molar-refractivity contribution >= 4 is 11.7 Å². The first-order valence-electron chi connectivity index (χ1n) is 4.90. The number of carbonyl (C=O) groups is 1. The second-order valence-electron chi connectivity index (χ2n) is 3.40. The molecule has 7 heteroatoms. The van der Waals surface area contributed by atoms with E-state index in [2.05, 4.69) is 25.8 Å². The molecule has 2 heterocycles. The number of anilines is 1. The van der Waals surface area contributed by atoms with Crippen LogP contribution in [0.15, 0.2) is 18.5 Å². The molecule has 0 bridgehead atoms. The van der Waals surface area contributed by atoms with E-state index in [9.17, 15) is 4.79 Å². The van der Waals surface area contributed by atoms with E-state index in [1.165, 1.54) is 0 Å². The van der Waals surface area contributed by atoms with Crippen molar-refractivity contribution in [3.05, 3.63) is 24.2 Å². The first-order chi connectivity index (χ1) is 7.74. The molecule has 1 amide bonds. The van der Waals surface area contributed by atoms with Crippen molar-refractivity contribution in [2.75, 3.05) is 5.32 Å². The molecule has 0 unspecified atom stereocenters. The van der Waals surface area contributed by atoms with Crippen molar-refractivity contribution in [1.82, 2.24) is 25.2 Å². The van der Waals surface area contributed by atoms with Crippen molar-refractivity contribution in [3.63, 3.8) is 0 Å². The Kier molecular flexibility index (Phi) is 2.95. The Morgan fingerprint density at radius 3 is 3.12 bits per heavy atom. The molecule has 2 rings (SSSR count). The molecule has 16 heavy (non-hydrogen) atoms. The highest BCUT2D eigenvalue weighted by molar-refractivity contribution is 5.89. The van der Waals surface area contributed by atoms with Gasteiger partial charge in [0.2, 0.25) is 5.91 Å². The molecule has 0 aliphatic heterocycles. The Balaban J connectivity index is 1.81. The van der Waals surface area contributed by atoms with Gasteiger partial charge in [-0.3, -0.25) is 14.6 Å². The third kappa shape index (κ3) is 2.66. The van der Waals surface area contributed by atoms with E-state index < -0.39 is 0 Å². The van der Waals surface area contributed by atoms with Crippen molar-refractivity contribution in [2.45, 2.75) is 19.9 Å². The summed E-state index contributed by atoms with van der Waals surface area (Å²) in [6, 6.07) is 1.77. The van der Waals surface area contributed by atoms with Crippen molar-refractivity contribution in [1.29, 1.82) is 0 Å². The summed E-state index contributed by atoms with van der Waals surface area (Å²) in [4.78, 5) is 11.5. The number of rotatable bonds is 4. The Bertz CT molecular complexity index is 460. The molecule has 0 fully saturated rings. The van der Waals surface area contributed by atoms with Crippen molar-refractivity contribution < 1.29 is 4.79 Å². The van der Waals surface area contributed by atoms with Crippen molar-refractivity contribution in [3.8, 4) is 0 Å². The summed E-state index contributed by atoms with van der Waals surface area (Å²) in [5.41, 5.74) is 0.909. The molecule has 0 saturated carbocycles. The van der Waals surface area contributed by atoms with Crippen LogP contribution in [-0.2, 0) is 11.3 Å². The molecule has 0 atom stereocenters. The lowest BCUT2D eigenvalue weighted by molar-refractivity contribution is -0.116. The number of nitrogens with zero attached hydrogens (tertiary/aromatic N) is 4. The van der Waals surface area contributed by atoms with Gasteiger partial charge in [-0.25, -0.2) is 0 Å². The number of aromatic amines is 1. The molecular formula is C9H12N6O. The van der Waals surface area contributed by atoms with Crippen LogP contribution in [0, 0.1) is 6.92 Å². The Morgan fingerprint density at radius 2 is 2.50 bits per heavy atom. The number of aryl methyl sites for hydroxylation is 2. The van der Waals surface area contributed by atoms with Gasteiger partial charge >= 0.3 is 0 Å². The van der Waals surface area contributed by atoms with Gasteiger partial charge in [-0.15, -0.1) is 5.10 Å². The van der Waals surface area contributed by atoms with Crippen LogP contribution < -0.4 is 5.32 Å². The second kappa shape index (κ2) is 4.56. The first kappa shape index (κ1) is 10.3. The fourth-order valence-electron chi connectivity index (χ4n) is 1.26. The zero-order valence-electron chi connectivity index (χ0n) is 8.84. The molecule has 7 nitrogen and oxygen atoms in total. The van der Waals surface area contributed by atoms with E-state index in [1.54, 1.807) is 23.1 Å². The summed E-state index contributed by atoms with van der Waals surface area (Å²) in [7, 11) is 0. The molecular weight excluding hydrogens is 208 g/mol. The molecule has 0 aliphatic carbocycles. The van der Waals surface area contributed by atoms with Crippen LogP contribution in [0.3, 0.4) is 0 Å². The van der Waals surface area contributed by atoms with Crippen LogP contribution >= 0.6 is 0 Å². The van der Waals surface area contributed by atoms with E-state index in [-0.39, 0.29) is 5.91 Å². The van der Waals surface area contributed by atoms with Crippen molar-refractivity contribution in [2.24, 2.45) is 0 Å². The zero-order chi connectivity index (χ0) is 11.4. The maximum Gasteiger partial charge on any atom is 0.227 e. The van der Waals surface area contributed by atoms with Crippen LogP contribution in [0.1, 0.15) is 12.1 Å². The van der Waals surface area contributed by atoms with Crippen LogP contribution in [0.25, 0.3) is 0 Å². The predicted molar refractivity (Wildman–Crippen MR) is 56.6 cm³/mol. The zero-order valence-corrected chi connectivity index (χ0v) is 8.84. The molecule has 0 aromatic carbocycles. The lowest BCUT2D eigenvalue weighted by atomic mass is 10.4. The van der Waals surface area contributed by atoms with Crippen LogP contribution in [0.5, 0.6) is 0 Å². The molecule has 0 radical (unpaired) electrons. The number of aromatic nitrogens is 5. The minimum absolute atomic E-state index is 0.0954. The van der Waals surface area contributed by atoms with Gasteiger partial charge in [-0.1, -0.05) is 5.21 Å². The summed E-state index contributed by atoms with van der Waals surface area (Å²) >= 11 is 0. The van der Waals surface area contributed by atoms with Gasteiger partial charge in [-0.2, -0.15) is 5.10 Å². The highest BCUT2D eigenvalue weighted by Crippen LogP contribution is 2.04. The summed E-state index contributed by atoms with van der Waals surface area (Å²) < 4.78 is 1.61. The maximum atomic E-state index is 11.5. The number of nitrogens with one attached hydrogen (secondary N) is 2. The Labute approximate surface area is 91.9 Å². The van der Waals surface area contributed by atoms with E-state index in [0.29, 0.717) is 18.8 Å². The van der Waals surface area contributed by atoms with Gasteiger partial charge < -0.3 is 5.32 Å².